The number of nitrogens with zero attached hydrogens (tertiary/aromatic N) is 1. The molecule has 0 aromatic carbocycles. The first-order valence-corrected chi connectivity index (χ1v) is 4.96. The van der Waals surface area contributed by atoms with Gasteiger partial charge in [-0.15, -0.1) is 0 Å². The summed E-state index contributed by atoms with van der Waals surface area (Å²) < 4.78 is 0. The van der Waals surface area contributed by atoms with Crippen molar-refractivity contribution in [1.82, 2.24) is 4.90 Å². The third-order valence-corrected chi connectivity index (χ3v) is 2.16. The van der Waals surface area contributed by atoms with E-state index >= 15 is 0 Å². The van der Waals surface area contributed by atoms with Gasteiger partial charge in [-0.3, -0.25) is 4.79 Å². The Morgan fingerprint density at radius 1 is 1.38 bits per heavy atom. The maximum atomic E-state index is 11.0. The normalized spacial score (nSPS) is 11.9. The number of carbonyl (C=O) groups is 1. The molecule has 13 heavy (non-hydrogen) atoms. The highest BCUT2D eigenvalue weighted by Gasteiger charge is 2.22. The zero-order chi connectivity index (χ0) is 10.6. The summed E-state index contributed by atoms with van der Waals surface area (Å²) in [6.07, 6.45) is 1.16. The van der Waals surface area contributed by atoms with Crippen LogP contribution in [-0.2, 0) is 4.79 Å². The zero-order valence-electron chi connectivity index (χ0n) is 9.85. The molecule has 0 aliphatic carbocycles. The Bertz CT molecular complexity index is 173. The Labute approximate surface area is 82.3 Å². The molecule has 0 atom stereocenters. The molecule has 1 amide bonds. The van der Waals surface area contributed by atoms with Crippen molar-refractivity contribution in [2.45, 2.75) is 41.0 Å². The van der Waals surface area contributed by atoms with E-state index in [1.807, 2.05) is 7.05 Å². The molecule has 0 aromatic heterocycles. The van der Waals surface area contributed by atoms with Crippen molar-refractivity contribution in [1.29, 1.82) is 0 Å². The molecule has 0 spiro atoms. The zero-order valence-corrected chi connectivity index (χ0v) is 9.85. The molecular formula is C11H23NO. The molecule has 0 unspecified atom stereocenters. The molecular weight excluding hydrogens is 162 g/mol. The van der Waals surface area contributed by atoms with E-state index in [1.165, 1.54) is 0 Å². The lowest BCUT2D eigenvalue weighted by Gasteiger charge is -2.31. The van der Waals surface area contributed by atoms with Crippen molar-refractivity contribution in [3.8, 4) is 0 Å². The highest BCUT2D eigenvalue weighted by Crippen LogP contribution is 2.25. The summed E-state index contributed by atoms with van der Waals surface area (Å²) in [7, 11) is 1.87. The van der Waals surface area contributed by atoms with Crippen molar-refractivity contribution in [2.24, 2.45) is 11.3 Å². The van der Waals surface area contributed by atoms with Crippen LogP contribution < -0.4 is 0 Å². The standard InChI is InChI=1S/C11H23NO/c1-9(2)7-11(4,5)8-12(6)10(3)13/h9H,7-8H2,1-6H3. The molecule has 2 heteroatoms. The maximum absolute atomic E-state index is 11.0. The smallest absolute Gasteiger partial charge is 0.219 e. The van der Waals surface area contributed by atoms with Gasteiger partial charge in [-0.2, -0.15) is 0 Å². The van der Waals surface area contributed by atoms with Crippen LogP contribution in [-0.4, -0.2) is 24.4 Å². The van der Waals surface area contributed by atoms with Crippen LogP contribution in [0.2, 0.25) is 0 Å². The predicted octanol–water partition coefficient (Wildman–Crippen LogP) is 2.54. The van der Waals surface area contributed by atoms with Gasteiger partial charge in [-0.1, -0.05) is 27.7 Å². The fourth-order valence-electron chi connectivity index (χ4n) is 1.92. The Morgan fingerprint density at radius 2 is 1.85 bits per heavy atom. The van der Waals surface area contributed by atoms with E-state index in [0.29, 0.717) is 5.92 Å². The molecule has 0 bridgehead atoms. The van der Waals surface area contributed by atoms with Crippen LogP contribution in [0.1, 0.15) is 41.0 Å². The van der Waals surface area contributed by atoms with Crippen molar-refractivity contribution in [2.75, 3.05) is 13.6 Å². The second-order valence-electron chi connectivity index (χ2n) is 5.14. The van der Waals surface area contributed by atoms with Crippen LogP contribution >= 0.6 is 0 Å². The second-order valence-corrected chi connectivity index (χ2v) is 5.14. The van der Waals surface area contributed by atoms with Gasteiger partial charge < -0.3 is 4.90 Å². The van der Waals surface area contributed by atoms with Gasteiger partial charge in [0.25, 0.3) is 0 Å². The van der Waals surface area contributed by atoms with E-state index in [-0.39, 0.29) is 11.3 Å². The van der Waals surface area contributed by atoms with E-state index in [4.69, 9.17) is 0 Å². The van der Waals surface area contributed by atoms with Crippen LogP contribution in [0.4, 0.5) is 0 Å². The van der Waals surface area contributed by atoms with Crippen LogP contribution in [0, 0.1) is 11.3 Å². The Balaban J connectivity index is 4.08. The van der Waals surface area contributed by atoms with Gasteiger partial charge in [-0.05, 0) is 17.8 Å². The van der Waals surface area contributed by atoms with Crippen molar-refractivity contribution in [3.63, 3.8) is 0 Å². The molecule has 0 N–H and O–H groups in total. The van der Waals surface area contributed by atoms with Gasteiger partial charge in [0, 0.05) is 20.5 Å². The average molecular weight is 185 g/mol. The molecule has 0 saturated carbocycles. The molecule has 0 aromatic rings. The lowest BCUT2D eigenvalue weighted by molar-refractivity contribution is -0.128. The minimum absolute atomic E-state index is 0.150. The Kier molecular flexibility index (Phi) is 4.45. The van der Waals surface area contributed by atoms with Crippen molar-refractivity contribution in [3.05, 3.63) is 0 Å². The van der Waals surface area contributed by atoms with Gasteiger partial charge in [0.2, 0.25) is 5.91 Å². The monoisotopic (exact) mass is 185 g/mol. The molecule has 0 fully saturated rings. The van der Waals surface area contributed by atoms with E-state index in [0.717, 1.165) is 13.0 Å². The number of hydrogen-bond acceptors (Lipinski definition) is 1. The number of hydrogen-bond donors (Lipinski definition) is 0. The first kappa shape index (κ1) is 12.5. The molecule has 78 valence electrons. The summed E-state index contributed by atoms with van der Waals surface area (Å²) in [4.78, 5) is 12.8. The summed E-state index contributed by atoms with van der Waals surface area (Å²) >= 11 is 0. The van der Waals surface area contributed by atoms with Crippen LogP contribution in [0.3, 0.4) is 0 Å². The van der Waals surface area contributed by atoms with Crippen molar-refractivity contribution >= 4 is 5.91 Å². The summed E-state index contributed by atoms with van der Waals surface area (Å²) in [5, 5.41) is 0. The molecule has 0 heterocycles. The third kappa shape index (κ3) is 5.67. The predicted molar refractivity (Wildman–Crippen MR) is 56.5 cm³/mol. The number of amides is 1. The van der Waals surface area contributed by atoms with Gasteiger partial charge in [0.1, 0.15) is 0 Å². The third-order valence-electron chi connectivity index (χ3n) is 2.16. The first-order chi connectivity index (χ1) is 5.74. The second kappa shape index (κ2) is 4.64. The van der Waals surface area contributed by atoms with Gasteiger partial charge in [-0.25, -0.2) is 0 Å². The van der Waals surface area contributed by atoms with E-state index in [1.54, 1.807) is 11.8 Å². The van der Waals surface area contributed by atoms with Crippen LogP contribution in [0.25, 0.3) is 0 Å². The minimum Gasteiger partial charge on any atom is -0.345 e. The van der Waals surface area contributed by atoms with E-state index in [2.05, 4.69) is 27.7 Å². The largest absolute Gasteiger partial charge is 0.345 e. The molecule has 0 aliphatic heterocycles. The molecule has 0 radical (unpaired) electrons. The van der Waals surface area contributed by atoms with E-state index in [9.17, 15) is 4.79 Å². The quantitative estimate of drug-likeness (QED) is 0.659. The van der Waals surface area contributed by atoms with Crippen LogP contribution in [0.5, 0.6) is 0 Å². The number of rotatable bonds is 4. The fourth-order valence-corrected chi connectivity index (χ4v) is 1.92. The average Bonchev–Trinajstić information content (AvgIpc) is 1.81. The van der Waals surface area contributed by atoms with Crippen molar-refractivity contribution < 1.29 is 4.79 Å². The molecule has 0 rings (SSSR count). The summed E-state index contributed by atoms with van der Waals surface area (Å²) in [5.41, 5.74) is 0.231. The summed E-state index contributed by atoms with van der Waals surface area (Å²) in [5.74, 6) is 0.840. The Morgan fingerprint density at radius 3 is 2.15 bits per heavy atom. The minimum atomic E-state index is 0.150. The van der Waals surface area contributed by atoms with Gasteiger partial charge >= 0.3 is 0 Å². The highest BCUT2D eigenvalue weighted by atomic mass is 16.2. The van der Waals surface area contributed by atoms with E-state index < -0.39 is 0 Å². The van der Waals surface area contributed by atoms with Gasteiger partial charge in [0.15, 0.2) is 0 Å². The van der Waals surface area contributed by atoms with Gasteiger partial charge in [0.05, 0.1) is 0 Å². The lowest BCUT2D eigenvalue weighted by Crippen LogP contribution is -2.35. The first-order valence-electron chi connectivity index (χ1n) is 4.96. The molecule has 0 aliphatic rings. The summed E-state index contributed by atoms with van der Waals surface area (Å²) in [6.45, 7) is 11.3. The maximum Gasteiger partial charge on any atom is 0.219 e. The topological polar surface area (TPSA) is 20.3 Å². The highest BCUT2D eigenvalue weighted by molar-refractivity contribution is 5.72. The summed E-state index contributed by atoms with van der Waals surface area (Å²) in [6, 6.07) is 0. The SMILES string of the molecule is CC(=O)N(C)CC(C)(C)CC(C)C. The fraction of sp³-hybridized carbons (Fsp3) is 0.909. The van der Waals surface area contributed by atoms with Crippen LogP contribution in [0.15, 0.2) is 0 Å². The number of carbonyl (C=O) groups excluding carboxylic acids is 1. The molecule has 2 nitrogen and oxygen atoms in total. The molecule has 0 saturated heterocycles. The Hall–Kier alpha value is -0.530. The lowest BCUT2D eigenvalue weighted by atomic mass is 9.83.